The summed E-state index contributed by atoms with van der Waals surface area (Å²) in [5, 5.41) is 6.72. The number of hydrogen-bond donors (Lipinski definition) is 1. The highest BCUT2D eigenvalue weighted by Crippen LogP contribution is 2.29. The molecule has 0 saturated carbocycles. The van der Waals surface area contributed by atoms with E-state index in [1.807, 2.05) is 6.92 Å². The van der Waals surface area contributed by atoms with Crippen LogP contribution in [0, 0.1) is 12.7 Å². The zero-order valence-electron chi connectivity index (χ0n) is 14.2. The lowest BCUT2D eigenvalue weighted by molar-refractivity contribution is -0.133. The highest BCUT2D eigenvalue weighted by molar-refractivity contribution is 5.77. The van der Waals surface area contributed by atoms with Crippen molar-refractivity contribution in [2.24, 2.45) is 0 Å². The van der Waals surface area contributed by atoms with Crippen LogP contribution in [0.1, 0.15) is 23.7 Å². The minimum absolute atomic E-state index is 0.0767. The van der Waals surface area contributed by atoms with Gasteiger partial charge in [0.05, 0.1) is 6.10 Å². The molecule has 0 radical (unpaired) electrons. The molecule has 0 aliphatic carbocycles. The number of rotatable bonds is 6. The van der Waals surface area contributed by atoms with Gasteiger partial charge in [-0.15, -0.1) is 0 Å². The minimum atomic E-state index is -0.481. The minimum Gasteiger partial charge on any atom is -0.481 e. The van der Waals surface area contributed by atoms with Crippen molar-refractivity contribution in [1.29, 1.82) is 0 Å². The number of nitrogens with one attached hydrogen (secondary N) is 1. The number of H-pyrrole nitrogens is 1. The van der Waals surface area contributed by atoms with Crippen LogP contribution in [0.25, 0.3) is 0 Å². The molecule has 0 unspecified atom stereocenters. The summed E-state index contributed by atoms with van der Waals surface area (Å²) in [7, 11) is 1.68. The molecule has 1 fully saturated rings. The van der Waals surface area contributed by atoms with Crippen LogP contribution in [0.15, 0.2) is 24.5 Å². The highest BCUT2D eigenvalue weighted by Gasteiger charge is 2.33. The number of likely N-dealkylation sites (N-methyl/N-ethyl adjacent to an activating group) is 1. The van der Waals surface area contributed by atoms with E-state index in [0.717, 1.165) is 17.8 Å². The quantitative estimate of drug-likeness (QED) is 0.859. The fourth-order valence-electron chi connectivity index (χ4n) is 2.88. The Bertz CT molecular complexity index is 723. The number of amides is 1. The maximum Gasteiger partial charge on any atom is 0.260 e. The Morgan fingerprint density at radius 2 is 2.36 bits per heavy atom. The average molecular weight is 348 g/mol. The maximum atomic E-state index is 13.7. The summed E-state index contributed by atoms with van der Waals surface area (Å²) in [5.41, 5.74) is 0.867. The van der Waals surface area contributed by atoms with Gasteiger partial charge in [-0.3, -0.25) is 9.89 Å². The number of aromatic amines is 1. The van der Waals surface area contributed by atoms with Gasteiger partial charge in [-0.25, -0.2) is 9.37 Å². The van der Waals surface area contributed by atoms with Crippen LogP contribution in [0.4, 0.5) is 4.39 Å². The molecule has 1 aliphatic rings. The van der Waals surface area contributed by atoms with E-state index in [9.17, 15) is 9.18 Å². The van der Waals surface area contributed by atoms with Gasteiger partial charge in [0.1, 0.15) is 12.2 Å². The topological polar surface area (TPSA) is 80.3 Å². The summed E-state index contributed by atoms with van der Waals surface area (Å²) >= 11 is 0. The molecule has 2 heterocycles. The van der Waals surface area contributed by atoms with Crippen molar-refractivity contribution >= 4 is 5.91 Å². The summed E-state index contributed by atoms with van der Waals surface area (Å²) in [6.07, 6.45) is 2.13. The van der Waals surface area contributed by atoms with Crippen molar-refractivity contribution in [2.75, 3.05) is 26.8 Å². The molecule has 2 atom stereocenters. The van der Waals surface area contributed by atoms with Crippen molar-refractivity contribution < 1.29 is 18.7 Å². The first-order valence-electron chi connectivity index (χ1n) is 8.14. The van der Waals surface area contributed by atoms with Crippen LogP contribution in [0.2, 0.25) is 0 Å². The van der Waals surface area contributed by atoms with Crippen LogP contribution < -0.4 is 4.74 Å². The molecule has 8 heteroatoms. The second-order valence-corrected chi connectivity index (χ2v) is 6.17. The summed E-state index contributed by atoms with van der Waals surface area (Å²) in [6, 6.07) is 4.55. The van der Waals surface area contributed by atoms with Gasteiger partial charge >= 0.3 is 0 Å². The fourth-order valence-corrected chi connectivity index (χ4v) is 2.88. The molecule has 1 aromatic heterocycles. The van der Waals surface area contributed by atoms with Gasteiger partial charge in [-0.2, -0.15) is 5.10 Å². The SMILES string of the molecule is Cc1ccc(F)c(OCC(=O)N(C)C[C@H]2OCC[C@H]2c2ncn[nH]2)c1. The van der Waals surface area contributed by atoms with Crippen molar-refractivity contribution in [3.8, 4) is 5.75 Å². The molecule has 3 rings (SSSR count). The third-order valence-electron chi connectivity index (χ3n) is 4.31. The molecular formula is C17H21FN4O3. The zero-order valence-corrected chi connectivity index (χ0v) is 14.2. The van der Waals surface area contributed by atoms with E-state index < -0.39 is 5.82 Å². The Balaban J connectivity index is 1.54. The van der Waals surface area contributed by atoms with Crippen molar-refractivity contribution in [3.05, 3.63) is 41.7 Å². The molecular weight excluding hydrogens is 327 g/mol. The van der Waals surface area contributed by atoms with Gasteiger partial charge in [0.2, 0.25) is 0 Å². The van der Waals surface area contributed by atoms with Crippen molar-refractivity contribution in [2.45, 2.75) is 25.4 Å². The average Bonchev–Trinajstić information content (AvgIpc) is 3.26. The number of nitrogens with zero attached hydrogens (tertiary/aromatic N) is 3. The van der Waals surface area contributed by atoms with E-state index in [2.05, 4.69) is 15.2 Å². The number of ether oxygens (including phenoxy) is 2. The van der Waals surface area contributed by atoms with Gasteiger partial charge in [0, 0.05) is 26.1 Å². The number of hydrogen-bond acceptors (Lipinski definition) is 5. The van der Waals surface area contributed by atoms with E-state index >= 15 is 0 Å². The smallest absolute Gasteiger partial charge is 0.260 e. The standard InChI is InChI=1S/C17H21FN4O3/c1-11-3-4-13(18)14(7-11)25-9-16(23)22(2)8-15-12(5-6-24-15)17-19-10-20-21-17/h3-4,7,10,12,15H,5-6,8-9H2,1-2H3,(H,19,20,21)/t12-,15-/m1/s1. The van der Waals surface area contributed by atoms with E-state index in [4.69, 9.17) is 9.47 Å². The number of carbonyl (C=O) groups excluding carboxylic acids is 1. The Morgan fingerprint density at radius 3 is 3.12 bits per heavy atom. The van der Waals surface area contributed by atoms with Crippen LogP contribution in [0.5, 0.6) is 5.75 Å². The van der Waals surface area contributed by atoms with E-state index in [1.165, 1.54) is 17.3 Å². The van der Waals surface area contributed by atoms with Gasteiger partial charge in [-0.1, -0.05) is 6.07 Å². The Hall–Kier alpha value is -2.48. The van der Waals surface area contributed by atoms with Gasteiger partial charge in [-0.05, 0) is 31.0 Å². The molecule has 0 spiro atoms. The van der Waals surface area contributed by atoms with Gasteiger partial charge < -0.3 is 14.4 Å². The highest BCUT2D eigenvalue weighted by atomic mass is 19.1. The van der Waals surface area contributed by atoms with Crippen LogP contribution >= 0.6 is 0 Å². The van der Waals surface area contributed by atoms with E-state index in [1.54, 1.807) is 19.2 Å². The maximum absolute atomic E-state index is 13.7. The number of halogens is 1. The molecule has 1 amide bonds. The summed E-state index contributed by atoms with van der Waals surface area (Å²) in [6.45, 7) is 2.63. The van der Waals surface area contributed by atoms with E-state index in [0.29, 0.717) is 13.2 Å². The predicted octanol–water partition coefficient (Wildman–Crippen LogP) is 1.66. The Labute approximate surface area is 145 Å². The first-order chi connectivity index (χ1) is 12.0. The van der Waals surface area contributed by atoms with Gasteiger partial charge in [0.25, 0.3) is 5.91 Å². The first kappa shape index (κ1) is 17.3. The number of aryl methyl sites for hydroxylation is 1. The lowest BCUT2D eigenvalue weighted by Gasteiger charge is -2.24. The normalized spacial score (nSPS) is 19.8. The molecule has 2 aromatic rings. The summed E-state index contributed by atoms with van der Waals surface area (Å²) in [5.74, 6) is 0.200. The third kappa shape index (κ3) is 4.14. The lowest BCUT2D eigenvalue weighted by atomic mass is 10.0. The largest absolute Gasteiger partial charge is 0.481 e. The van der Waals surface area contributed by atoms with E-state index in [-0.39, 0.29) is 30.3 Å². The van der Waals surface area contributed by atoms with Crippen LogP contribution in [0.3, 0.4) is 0 Å². The second-order valence-electron chi connectivity index (χ2n) is 6.17. The Morgan fingerprint density at radius 1 is 1.52 bits per heavy atom. The molecule has 134 valence electrons. The lowest BCUT2D eigenvalue weighted by Crippen LogP contribution is -2.39. The molecule has 1 saturated heterocycles. The first-order valence-corrected chi connectivity index (χ1v) is 8.14. The predicted molar refractivity (Wildman–Crippen MR) is 87.7 cm³/mol. The number of carbonyl (C=O) groups is 1. The molecule has 1 N–H and O–H groups in total. The molecule has 25 heavy (non-hydrogen) atoms. The molecule has 1 aromatic carbocycles. The summed E-state index contributed by atoms with van der Waals surface area (Å²) in [4.78, 5) is 18.0. The van der Waals surface area contributed by atoms with Gasteiger partial charge in [0.15, 0.2) is 18.2 Å². The summed E-state index contributed by atoms with van der Waals surface area (Å²) < 4.78 is 24.7. The zero-order chi connectivity index (χ0) is 17.8. The fraction of sp³-hybridized carbons (Fsp3) is 0.471. The van der Waals surface area contributed by atoms with Crippen molar-refractivity contribution in [3.63, 3.8) is 0 Å². The number of aromatic nitrogens is 3. The van der Waals surface area contributed by atoms with Crippen LogP contribution in [-0.4, -0.2) is 58.9 Å². The monoisotopic (exact) mass is 348 g/mol. The van der Waals surface area contributed by atoms with Crippen LogP contribution in [-0.2, 0) is 9.53 Å². The Kier molecular flexibility index (Phi) is 5.28. The number of benzene rings is 1. The third-order valence-corrected chi connectivity index (χ3v) is 4.31. The molecule has 0 bridgehead atoms. The van der Waals surface area contributed by atoms with Crippen molar-refractivity contribution in [1.82, 2.24) is 20.1 Å². The molecule has 7 nitrogen and oxygen atoms in total. The second kappa shape index (κ2) is 7.60. The molecule has 1 aliphatic heterocycles.